The van der Waals surface area contributed by atoms with Gasteiger partial charge in [0.05, 0.1) is 16.6 Å². The number of nitrogens with zero attached hydrogens (tertiary/aromatic N) is 4. The van der Waals surface area contributed by atoms with Gasteiger partial charge in [-0.05, 0) is 19.1 Å². The van der Waals surface area contributed by atoms with Crippen molar-refractivity contribution in [1.29, 1.82) is 0 Å². The monoisotopic (exact) mass is 328 g/mol. The molecule has 4 nitrogen and oxygen atoms in total. The number of thiophene rings is 1. The van der Waals surface area contributed by atoms with Gasteiger partial charge in [-0.25, -0.2) is 4.98 Å². The van der Waals surface area contributed by atoms with Crippen molar-refractivity contribution in [2.75, 3.05) is 5.88 Å². The van der Waals surface area contributed by atoms with Gasteiger partial charge >= 0.3 is 0 Å². The first kappa shape index (κ1) is 13.9. The van der Waals surface area contributed by atoms with Crippen LogP contribution in [0.2, 0.25) is 4.34 Å². The average molecular weight is 329 g/mol. The third-order valence-corrected chi connectivity index (χ3v) is 4.63. The van der Waals surface area contributed by atoms with E-state index in [1.165, 1.54) is 4.88 Å². The number of aromatic nitrogens is 4. The van der Waals surface area contributed by atoms with E-state index >= 15 is 0 Å². The second-order valence-corrected chi connectivity index (χ2v) is 6.82. The first-order valence-electron chi connectivity index (χ1n) is 6.29. The van der Waals surface area contributed by atoms with E-state index in [1.54, 1.807) is 11.3 Å². The zero-order valence-electron chi connectivity index (χ0n) is 11.2. The van der Waals surface area contributed by atoms with Gasteiger partial charge in [-0.15, -0.1) is 22.9 Å². The minimum absolute atomic E-state index is 0.557. The summed E-state index contributed by atoms with van der Waals surface area (Å²) in [5, 5.41) is 4.44. The van der Waals surface area contributed by atoms with Crippen molar-refractivity contribution in [1.82, 2.24) is 19.3 Å². The van der Waals surface area contributed by atoms with Crippen LogP contribution in [0.3, 0.4) is 0 Å². The number of hydrogen-bond donors (Lipinski definition) is 0. The highest BCUT2D eigenvalue weighted by Gasteiger charge is 2.17. The predicted molar refractivity (Wildman–Crippen MR) is 84.1 cm³/mol. The minimum atomic E-state index is 0.557. The van der Waals surface area contributed by atoms with Crippen molar-refractivity contribution in [3.63, 3.8) is 0 Å². The lowest BCUT2D eigenvalue weighted by Gasteiger charge is -2.07. The lowest BCUT2D eigenvalue weighted by molar-refractivity contribution is 0.696. The number of rotatable bonds is 4. The van der Waals surface area contributed by atoms with E-state index < -0.39 is 0 Å². The Hall–Kier alpha value is -1.04. The molecule has 0 N–H and O–H groups in total. The molecule has 0 aliphatic rings. The fourth-order valence-electron chi connectivity index (χ4n) is 2.41. The molecule has 0 atom stereocenters. The van der Waals surface area contributed by atoms with Crippen molar-refractivity contribution in [3.05, 3.63) is 32.9 Å². The fourth-order valence-corrected chi connectivity index (χ4v) is 3.66. The van der Waals surface area contributed by atoms with Crippen LogP contribution in [0.5, 0.6) is 0 Å². The van der Waals surface area contributed by atoms with Crippen molar-refractivity contribution in [2.24, 2.45) is 7.05 Å². The van der Waals surface area contributed by atoms with Crippen molar-refractivity contribution in [3.8, 4) is 0 Å². The Labute approximate surface area is 130 Å². The summed E-state index contributed by atoms with van der Waals surface area (Å²) < 4.78 is 4.86. The van der Waals surface area contributed by atoms with Gasteiger partial charge in [-0.3, -0.25) is 4.68 Å². The van der Waals surface area contributed by atoms with Gasteiger partial charge in [-0.1, -0.05) is 11.6 Å². The van der Waals surface area contributed by atoms with Gasteiger partial charge in [0.25, 0.3) is 0 Å². The van der Waals surface area contributed by atoms with Crippen LogP contribution in [0.25, 0.3) is 11.2 Å². The molecule has 0 aromatic carbocycles. The molecule has 106 valence electrons. The van der Waals surface area contributed by atoms with Gasteiger partial charge < -0.3 is 4.57 Å². The molecule has 0 unspecified atom stereocenters. The van der Waals surface area contributed by atoms with Crippen molar-refractivity contribution < 1.29 is 0 Å². The molecule has 0 radical (unpaired) electrons. The molecule has 3 heterocycles. The number of halogens is 2. The molecule has 0 aliphatic heterocycles. The molecule has 20 heavy (non-hydrogen) atoms. The fraction of sp³-hybridized carbons (Fsp3) is 0.385. The lowest BCUT2D eigenvalue weighted by atomic mass is 10.4. The number of imidazole rings is 1. The number of aryl methyl sites for hydroxylation is 3. The molecule has 0 saturated carbocycles. The molecule has 7 heteroatoms. The Morgan fingerprint density at radius 2 is 2.15 bits per heavy atom. The minimum Gasteiger partial charge on any atom is -0.308 e. The number of alkyl halides is 1. The van der Waals surface area contributed by atoms with Crippen LogP contribution in [0.15, 0.2) is 12.1 Å². The third kappa shape index (κ3) is 2.34. The zero-order valence-corrected chi connectivity index (χ0v) is 13.6. The van der Waals surface area contributed by atoms with Gasteiger partial charge in [0.15, 0.2) is 5.65 Å². The predicted octanol–water partition coefficient (Wildman–Crippen LogP) is 3.62. The zero-order chi connectivity index (χ0) is 14.3. The number of hydrogen-bond acceptors (Lipinski definition) is 3. The third-order valence-electron chi connectivity index (χ3n) is 3.23. The van der Waals surface area contributed by atoms with E-state index in [2.05, 4.69) is 9.67 Å². The van der Waals surface area contributed by atoms with E-state index in [9.17, 15) is 0 Å². The van der Waals surface area contributed by atoms with E-state index in [0.29, 0.717) is 5.88 Å². The van der Waals surface area contributed by atoms with E-state index in [0.717, 1.165) is 40.0 Å². The molecule has 0 saturated heterocycles. The van der Waals surface area contributed by atoms with E-state index in [1.807, 2.05) is 30.8 Å². The van der Waals surface area contributed by atoms with Crippen LogP contribution in [-0.4, -0.2) is 25.2 Å². The van der Waals surface area contributed by atoms with Crippen molar-refractivity contribution in [2.45, 2.75) is 19.9 Å². The summed E-state index contributed by atoms with van der Waals surface area (Å²) in [6, 6.07) is 3.97. The van der Waals surface area contributed by atoms with Crippen molar-refractivity contribution >= 4 is 45.7 Å². The van der Waals surface area contributed by atoms with Crippen LogP contribution in [0, 0.1) is 6.92 Å². The maximum absolute atomic E-state index is 6.01. The molecule has 0 fully saturated rings. The van der Waals surface area contributed by atoms with Crippen LogP contribution in [0.4, 0.5) is 0 Å². The van der Waals surface area contributed by atoms with E-state index in [4.69, 9.17) is 28.2 Å². The Balaban J connectivity index is 2.12. The summed E-state index contributed by atoms with van der Waals surface area (Å²) in [5.74, 6) is 1.55. The summed E-state index contributed by atoms with van der Waals surface area (Å²) in [7, 11) is 1.94. The maximum Gasteiger partial charge on any atom is 0.159 e. The summed E-state index contributed by atoms with van der Waals surface area (Å²) in [6.45, 7) is 2.73. The molecule has 0 amide bonds. The molecule has 0 bridgehead atoms. The summed E-state index contributed by atoms with van der Waals surface area (Å²) in [4.78, 5) is 5.89. The Morgan fingerprint density at radius 1 is 1.35 bits per heavy atom. The first-order valence-corrected chi connectivity index (χ1v) is 8.02. The second kappa shape index (κ2) is 5.39. The standard InChI is InChI=1S/C13H14Cl2N4S/c1-8-12-13(18(2)17-8)19(11(16-12)5-6-14)7-9-3-4-10(15)20-9/h3-4H,5-7H2,1-2H3. The smallest absolute Gasteiger partial charge is 0.159 e. The highest BCUT2D eigenvalue weighted by atomic mass is 35.5. The molecule has 3 aromatic heterocycles. The molecule has 3 rings (SSSR count). The van der Waals surface area contributed by atoms with Gasteiger partial charge in [0.1, 0.15) is 11.3 Å². The lowest BCUT2D eigenvalue weighted by Crippen LogP contribution is -2.08. The summed E-state index contributed by atoms with van der Waals surface area (Å²) in [5.41, 5.74) is 2.93. The van der Waals surface area contributed by atoms with Crippen LogP contribution in [0.1, 0.15) is 16.4 Å². The van der Waals surface area contributed by atoms with Gasteiger partial charge in [0, 0.05) is 24.2 Å². The SMILES string of the molecule is Cc1nn(C)c2c1nc(CCCl)n2Cc1ccc(Cl)s1. The summed E-state index contributed by atoms with van der Waals surface area (Å²) >= 11 is 13.5. The summed E-state index contributed by atoms with van der Waals surface area (Å²) in [6.07, 6.45) is 0.745. The van der Waals surface area contributed by atoms with Crippen LogP contribution in [-0.2, 0) is 20.0 Å². The normalized spacial score (nSPS) is 11.6. The highest BCUT2D eigenvalue weighted by molar-refractivity contribution is 7.16. The molecule has 0 aliphatic carbocycles. The van der Waals surface area contributed by atoms with Gasteiger partial charge in [0.2, 0.25) is 0 Å². The topological polar surface area (TPSA) is 35.6 Å². The Morgan fingerprint density at radius 3 is 2.80 bits per heavy atom. The highest BCUT2D eigenvalue weighted by Crippen LogP contribution is 2.26. The Bertz CT molecular complexity index is 756. The molecular weight excluding hydrogens is 315 g/mol. The quantitative estimate of drug-likeness (QED) is 0.685. The first-order chi connectivity index (χ1) is 9.60. The largest absolute Gasteiger partial charge is 0.308 e. The maximum atomic E-state index is 6.01. The average Bonchev–Trinajstić information content (AvgIpc) is 3.02. The van der Waals surface area contributed by atoms with Crippen LogP contribution >= 0.6 is 34.5 Å². The Kier molecular flexibility index (Phi) is 3.75. The molecular formula is C13H14Cl2N4S. The van der Waals surface area contributed by atoms with Gasteiger partial charge in [-0.2, -0.15) is 5.10 Å². The molecule has 3 aromatic rings. The second-order valence-electron chi connectivity index (χ2n) is 4.64. The van der Waals surface area contributed by atoms with Crippen LogP contribution < -0.4 is 0 Å². The number of fused-ring (bicyclic) bond motifs is 1. The van der Waals surface area contributed by atoms with E-state index in [-0.39, 0.29) is 0 Å². The molecule has 0 spiro atoms.